The minimum atomic E-state index is 0.486. The zero-order valence-electron chi connectivity index (χ0n) is 30.0. The molecule has 7 nitrogen and oxygen atoms in total. The SMILES string of the molecule is c1ccc(-c2ccc3c(c2)c2ccccc2n3-c2nccc3c2c2c(-c4nc(-c5ccccc5)nc(-c5ccccc5)n4)nccc2n3-c2ccccc2)cc1. The molecular weight excluding hydrogens is 687 g/mol. The smallest absolute Gasteiger partial charge is 0.183 e. The van der Waals surface area contributed by atoms with E-state index in [-0.39, 0.29) is 0 Å². The summed E-state index contributed by atoms with van der Waals surface area (Å²) in [4.78, 5) is 25.6. The molecule has 11 aromatic rings. The lowest BCUT2D eigenvalue weighted by Crippen LogP contribution is -2.02. The second-order valence-corrected chi connectivity index (χ2v) is 13.7. The molecule has 11 rings (SSSR count). The standard InChI is InChI=1S/C49H31N7/c1-5-15-32(16-6-1)35-25-26-40-38(31-35)37-23-13-14-24-39(37)56(40)49-44-42(28-30-51-49)55(36-21-11-4-12-22-36)41-27-29-50-45(43(41)44)48-53-46(33-17-7-2-8-18-33)52-47(54-48)34-19-9-3-10-20-34/h1-31H. The molecular formula is C49H31N7. The third kappa shape index (κ3) is 5.10. The molecule has 5 aromatic heterocycles. The van der Waals surface area contributed by atoms with E-state index < -0.39 is 0 Å². The van der Waals surface area contributed by atoms with Crippen LogP contribution in [-0.4, -0.2) is 34.1 Å². The molecule has 0 bridgehead atoms. The van der Waals surface area contributed by atoms with Gasteiger partial charge in [0.25, 0.3) is 0 Å². The van der Waals surface area contributed by atoms with Crippen LogP contribution in [-0.2, 0) is 0 Å². The first-order chi connectivity index (χ1) is 27.8. The van der Waals surface area contributed by atoms with Crippen LogP contribution in [0, 0.1) is 0 Å². The quantitative estimate of drug-likeness (QED) is 0.171. The van der Waals surface area contributed by atoms with Crippen LogP contribution in [0.2, 0.25) is 0 Å². The number of para-hydroxylation sites is 2. The fraction of sp³-hybridized carbons (Fsp3) is 0. The molecule has 7 heteroatoms. The summed E-state index contributed by atoms with van der Waals surface area (Å²) in [6, 6.07) is 60.5. The van der Waals surface area contributed by atoms with Crippen LogP contribution in [0.5, 0.6) is 0 Å². The molecule has 262 valence electrons. The largest absolute Gasteiger partial charge is 0.309 e. The van der Waals surface area contributed by atoms with Crippen LogP contribution in [0.4, 0.5) is 0 Å². The molecule has 0 aliphatic carbocycles. The van der Waals surface area contributed by atoms with Crippen molar-refractivity contribution in [2.24, 2.45) is 0 Å². The number of aromatic nitrogens is 7. The van der Waals surface area contributed by atoms with Crippen LogP contribution in [0.25, 0.3) is 101 Å². The molecule has 0 N–H and O–H groups in total. The summed E-state index contributed by atoms with van der Waals surface area (Å²) >= 11 is 0. The Hall–Kier alpha value is -7.77. The van der Waals surface area contributed by atoms with Crippen molar-refractivity contribution >= 4 is 43.6 Å². The Labute approximate surface area is 321 Å². The number of fused-ring (bicyclic) bond motifs is 6. The Kier molecular flexibility index (Phi) is 7.35. The average Bonchev–Trinajstić information content (AvgIpc) is 3.80. The van der Waals surface area contributed by atoms with E-state index in [1.54, 1.807) is 0 Å². The minimum Gasteiger partial charge on any atom is -0.309 e. The Morgan fingerprint density at radius 1 is 0.339 bits per heavy atom. The second-order valence-electron chi connectivity index (χ2n) is 13.7. The van der Waals surface area contributed by atoms with E-state index in [4.69, 9.17) is 24.9 Å². The first-order valence-corrected chi connectivity index (χ1v) is 18.6. The first-order valence-electron chi connectivity index (χ1n) is 18.6. The van der Waals surface area contributed by atoms with E-state index >= 15 is 0 Å². The maximum atomic E-state index is 5.22. The first kappa shape index (κ1) is 31.7. The highest BCUT2D eigenvalue weighted by molar-refractivity contribution is 6.19. The summed E-state index contributed by atoms with van der Waals surface area (Å²) in [6.45, 7) is 0. The highest BCUT2D eigenvalue weighted by Gasteiger charge is 2.25. The lowest BCUT2D eigenvalue weighted by molar-refractivity contribution is 1.06. The molecule has 0 unspecified atom stereocenters. The number of hydrogen-bond donors (Lipinski definition) is 0. The van der Waals surface area contributed by atoms with Gasteiger partial charge in [-0.2, -0.15) is 0 Å². The van der Waals surface area contributed by atoms with Gasteiger partial charge in [0.15, 0.2) is 17.5 Å². The summed E-state index contributed by atoms with van der Waals surface area (Å²) in [5.74, 6) is 2.45. The van der Waals surface area contributed by atoms with Gasteiger partial charge in [0.2, 0.25) is 0 Å². The van der Waals surface area contributed by atoms with Gasteiger partial charge in [-0.15, -0.1) is 0 Å². The van der Waals surface area contributed by atoms with Gasteiger partial charge in [-0.1, -0.05) is 133 Å². The van der Waals surface area contributed by atoms with Crippen molar-refractivity contribution in [2.75, 3.05) is 0 Å². The van der Waals surface area contributed by atoms with Crippen LogP contribution in [0.3, 0.4) is 0 Å². The van der Waals surface area contributed by atoms with E-state index in [1.807, 2.05) is 79.1 Å². The Morgan fingerprint density at radius 3 is 1.55 bits per heavy atom. The molecule has 0 saturated heterocycles. The number of nitrogens with zero attached hydrogens (tertiary/aromatic N) is 7. The number of rotatable bonds is 6. The zero-order chi connectivity index (χ0) is 37.0. The molecule has 5 heterocycles. The maximum absolute atomic E-state index is 5.22. The van der Waals surface area contributed by atoms with Crippen molar-refractivity contribution in [2.45, 2.75) is 0 Å². The average molecular weight is 718 g/mol. The topological polar surface area (TPSA) is 74.3 Å². The summed E-state index contributed by atoms with van der Waals surface area (Å²) in [5.41, 5.74) is 9.92. The van der Waals surface area contributed by atoms with Gasteiger partial charge in [-0.25, -0.2) is 19.9 Å². The van der Waals surface area contributed by atoms with Crippen molar-refractivity contribution in [1.29, 1.82) is 0 Å². The Balaban J connectivity index is 1.25. The molecule has 0 fully saturated rings. The summed E-state index contributed by atoms with van der Waals surface area (Å²) in [7, 11) is 0. The van der Waals surface area contributed by atoms with Crippen molar-refractivity contribution in [3.63, 3.8) is 0 Å². The van der Waals surface area contributed by atoms with Crippen molar-refractivity contribution in [3.05, 3.63) is 188 Å². The van der Waals surface area contributed by atoms with Gasteiger partial charge in [0, 0.05) is 45.4 Å². The molecule has 0 spiro atoms. The lowest BCUT2D eigenvalue weighted by Gasteiger charge is -2.11. The van der Waals surface area contributed by atoms with Gasteiger partial charge in [-0.05, 0) is 53.6 Å². The van der Waals surface area contributed by atoms with Crippen molar-refractivity contribution in [1.82, 2.24) is 34.1 Å². The molecule has 0 amide bonds. The molecule has 0 aliphatic heterocycles. The molecule has 0 aliphatic rings. The van der Waals surface area contributed by atoms with E-state index in [9.17, 15) is 0 Å². The summed E-state index contributed by atoms with van der Waals surface area (Å²) in [5, 5.41) is 4.17. The number of hydrogen-bond acceptors (Lipinski definition) is 5. The fourth-order valence-electron chi connectivity index (χ4n) is 8.00. The van der Waals surface area contributed by atoms with E-state index in [1.165, 1.54) is 5.56 Å². The third-order valence-electron chi connectivity index (χ3n) is 10.5. The van der Waals surface area contributed by atoms with Crippen LogP contribution >= 0.6 is 0 Å². The Bertz CT molecular complexity index is 3170. The monoisotopic (exact) mass is 717 g/mol. The molecule has 6 aromatic carbocycles. The fourth-order valence-corrected chi connectivity index (χ4v) is 8.00. The highest BCUT2D eigenvalue weighted by atomic mass is 15.1. The second kappa shape index (κ2) is 13.0. The lowest BCUT2D eigenvalue weighted by atomic mass is 10.0. The molecule has 0 radical (unpaired) electrons. The number of pyridine rings is 2. The van der Waals surface area contributed by atoms with Gasteiger partial charge in [-0.3, -0.25) is 9.55 Å². The van der Waals surface area contributed by atoms with Gasteiger partial charge < -0.3 is 4.57 Å². The third-order valence-corrected chi connectivity index (χ3v) is 10.5. The normalized spacial score (nSPS) is 11.6. The minimum absolute atomic E-state index is 0.486. The van der Waals surface area contributed by atoms with Crippen LogP contribution < -0.4 is 0 Å². The zero-order valence-corrected chi connectivity index (χ0v) is 30.0. The summed E-state index contributed by atoms with van der Waals surface area (Å²) in [6.07, 6.45) is 3.76. The van der Waals surface area contributed by atoms with Gasteiger partial charge in [0.1, 0.15) is 11.5 Å². The van der Waals surface area contributed by atoms with Crippen LogP contribution in [0.15, 0.2) is 188 Å². The van der Waals surface area contributed by atoms with Crippen molar-refractivity contribution < 1.29 is 0 Å². The maximum Gasteiger partial charge on any atom is 0.183 e. The van der Waals surface area contributed by atoms with E-state index in [0.717, 1.165) is 71.8 Å². The van der Waals surface area contributed by atoms with E-state index in [0.29, 0.717) is 23.2 Å². The predicted molar refractivity (Wildman–Crippen MR) is 226 cm³/mol. The molecule has 56 heavy (non-hydrogen) atoms. The van der Waals surface area contributed by atoms with Gasteiger partial charge in [0.05, 0.1) is 27.5 Å². The predicted octanol–water partition coefficient (Wildman–Crippen LogP) is 11.5. The van der Waals surface area contributed by atoms with Crippen LogP contribution in [0.1, 0.15) is 0 Å². The van der Waals surface area contributed by atoms with Gasteiger partial charge >= 0.3 is 0 Å². The van der Waals surface area contributed by atoms with Crippen molar-refractivity contribution in [3.8, 4) is 56.9 Å². The highest BCUT2D eigenvalue weighted by Crippen LogP contribution is 2.42. The Morgan fingerprint density at radius 2 is 0.875 bits per heavy atom. The summed E-state index contributed by atoms with van der Waals surface area (Å²) < 4.78 is 4.59. The molecule has 0 saturated carbocycles. The molecule has 0 atom stereocenters. The van der Waals surface area contributed by atoms with E-state index in [2.05, 4.69) is 118 Å². The number of benzene rings is 6.